The van der Waals surface area contributed by atoms with Gasteiger partial charge in [0.1, 0.15) is 12.4 Å². The zero-order valence-corrected chi connectivity index (χ0v) is 12.7. The van der Waals surface area contributed by atoms with Gasteiger partial charge in [0, 0.05) is 13.1 Å². The van der Waals surface area contributed by atoms with Gasteiger partial charge in [-0.25, -0.2) is 0 Å². The fourth-order valence-electron chi connectivity index (χ4n) is 2.00. The van der Waals surface area contributed by atoms with Crippen molar-refractivity contribution in [3.8, 4) is 5.75 Å². The molecule has 2 N–H and O–H groups in total. The number of nitrogens with one attached hydrogen (secondary N) is 1. The zero-order valence-electron chi connectivity index (χ0n) is 12.7. The van der Waals surface area contributed by atoms with Crippen molar-refractivity contribution in [1.29, 1.82) is 0 Å². The lowest BCUT2D eigenvalue weighted by molar-refractivity contribution is 0.0795. The van der Waals surface area contributed by atoms with E-state index in [2.05, 4.69) is 17.4 Å². The minimum Gasteiger partial charge on any atom is -0.489 e. The smallest absolute Gasteiger partial charge is 0.120 e. The van der Waals surface area contributed by atoms with Crippen LogP contribution in [-0.2, 0) is 13.2 Å². The highest BCUT2D eigenvalue weighted by Gasteiger charge is 2.10. The molecule has 0 spiro atoms. The summed E-state index contributed by atoms with van der Waals surface area (Å²) in [5.74, 6) is 0.862. The number of rotatable bonds is 7. The molecule has 0 saturated carbocycles. The fourth-order valence-corrected chi connectivity index (χ4v) is 2.00. The van der Waals surface area contributed by atoms with Crippen molar-refractivity contribution >= 4 is 0 Å². The Kier molecular flexibility index (Phi) is 5.37. The number of hydrogen-bond donors (Lipinski definition) is 2. The molecule has 0 radical (unpaired) electrons. The summed E-state index contributed by atoms with van der Waals surface area (Å²) in [5, 5.41) is 12.9. The molecule has 0 amide bonds. The van der Waals surface area contributed by atoms with Crippen LogP contribution in [0.5, 0.6) is 5.75 Å². The molecule has 0 unspecified atom stereocenters. The summed E-state index contributed by atoms with van der Waals surface area (Å²) in [6.07, 6.45) is 0. The van der Waals surface area contributed by atoms with Crippen molar-refractivity contribution < 1.29 is 9.84 Å². The first-order valence-electron chi connectivity index (χ1n) is 7.22. The van der Waals surface area contributed by atoms with Gasteiger partial charge in [-0.05, 0) is 37.1 Å². The highest BCUT2D eigenvalue weighted by Crippen LogP contribution is 2.15. The summed E-state index contributed by atoms with van der Waals surface area (Å²) in [6, 6.07) is 18.1. The van der Waals surface area contributed by atoms with Crippen LogP contribution in [0.4, 0.5) is 0 Å². The van der Waals surface area contributed by atoms with Gasteiger partial charge >= 0.3 is 0 Å². The molecular formula is C18H23NO2. The Labute approximate surface area is 126 Å². The van der Waals surface area contributed by atoms with Gasteiger partial charge in [-0.1, -0.05) is 42.5 Å². The monoisotopic (exact) mass is 285 g/mol. The molecule has 2 rings (SSSR count). The first-order chi connectivity index (χ1) is 10.0. The van der Waals surface area contributed by atoms with E-state index in [9.17, 15) is 5.11 Å². The van der Waals surface area contributed by atoms with E-state index in [1.165, 1.54) is 0 Å². The number of benzene rings is 2. The van der Waals surface area contributed by atoms with Gasteiger partial charge in [0.15, 0.2) is 0 Å². The average Bonchev–Trinajstić information content (AvgIpc) is 2.45. The third-order valence-electron chi connectivity index (χ3n) is 3.03. The lowest BCUT2D eigenvalue weighted by Crippen LogP contribution is -2.34. The molecule has 21 heavy (non-hydrogen) atoms. The van der Waals surface area contributed by atoms with Crippen molar-refractivity contribution in [1.82, 2.24) is 5.32 Å². The lowest BCUT2D eigenvalue weighted by atomic mass is 10.1. The van der Waals surface area contributed by atoms with Gasteiger partial charge in [0.05, 0.1) is 5.60 Å². The molecule has 2 aromatic rings. The lowest BCUT2D eigenvalue weighted by Gasteiger charge is -2.17. The third kappa shape index (κ3) is 5.98. The van der Waals surface area contributed by atoms with Gasteiger partial charge < -0.3 is 15.2 Å². The summed E-state index contributed by atoms with van der Waals surface area (Å²) in [7, 11) is 0. The Bertz CT molecular complexity index is 547. The molecule has 3 nitrogen and oxygen atoms in total. The summed E-state index contributed by atoms with van der Waals surface area (Å²) < 4.78 is 5.80. The van der Waals surface area contributed by atoms with E-state index in [-0.39, 0.29) is 0 Å². The topological polar surface area (TPSA) is 41.5 Å². The predicted octanol–water partition coefficient (Wildman–Crippen LogP) is 3.13. The molecule has 0 aliphatic carbocycles. The van der Waals surface area contributed by atoms with Crippen LogP contribution in [0.3, 0.4) is 0 Å². The van der Waals surface area contributed by atoms with E-state index in [4.69, 9.17) is 4.74 Å². The van der Waals surface area contributed by atoms with Crippen LogP contribution >= 0.6 is 0 Å². The Hall–Kier alpha value is -1.84. The highest BCUT2D eigenvalue weighted by molar-refractivity contribution is 5.29. The second-order valence-electron chi connectivity index (χ2n) is 5.84. The fraction of sp³-hybridized carbons (Fsp3) is 0.333. The molecule has 0 fully saturated rings. The van der Waals surface area contributed by atoms with Crippen LogP contribution in [-0.4, -0.2) is 17.3 Å². The maximum atomic E-state index is 9.67. The first-order valence-corrected chi connectivity index (χ1v) is 7.22. The van der Waals surface area contributed by atoms with Gasteiger partial charge in [-0.2, -0.15) is 0 Å². The van der Waals surface area contributed by atoms with Crippen molar-refractivity contribution in [2.45, 2.75) is 32.6 Å². The molecule has 2 aromatic carbocycles. The second kappa shape index (κ2) is 7.25. The largest absolute Gasteiger partial charge is 0.489 e. The number of aliphatic hydroxyl groups is 1. The van der Waals surface area contributed by atoms with Crippen LogP contribution in [0.2, 0.25) is 0 Å². The molecular weight excluding hydrogens is 262 g/mol. The Balaban J connectivity index is 1.86. The van der Waals surface area contributed by atoms with Crippen LogP contribution < -0.4 is 10.1 Å². The molecule has 0 bridgehead atoms. The maximum Gasteiger partial charge on any atom is 0.120 e. The van der Waals surface area contributed by atoms with E-state index in [1.807, 2.05) is 42.5 Å². The summed E-state index contributed by atoms with van der Waals surface area (Å²) in [6.45, 7) is 5.43. The van der Waals surface area contributed by atoms with Gasteiger partial charge in [-0.15, -0.1) is 0 Å². The zero-order chi connectivity index (χ0) is 15.1. The van der Waals surface area contributed by atoms with E-state index < -0.39 is 5.60 Å². The van der Waals surface area contributed by atoms with Gasteiger partial charge in [-0.3, -0.25) is 0 Å². The average molecular weight is 285 g/mol. The molecule has 0 atom stereocenters. The normalized spacial score (nSPS) is 11.4. The predicted molar refractivity (Wildman–Crippen MR) is 85.2 cm³/mol. The SMILES string of the molecule is CC(C)(O)CNCc1cccc(OCc2ccccc2)c1. The molecule has 0 saturated heterocycles. The van der Waals surface area contributed by atoms with Crippen LogP contribution in [0, 0.1) is 0 Å². The molecule has 112 valence electrons. The quantitative estimate of drug-likeness (QED) is 0.821. The molecule has 0 aromatic heterocycles. The van der Waals surface area contributed by atoms with Crippen molar-refractivity contribution in [2.24, 2.45) is 0 Å². The Morgan fingerprint density at radius 3 is 2.43 bits per heavy atom. The van der Waals surface area contributed by atoms with Gasteiger partial charge in [0.25, 0.3) is 0 Å². The number of ether oxygens (including phenoxy) is 1. The highest BCUT2D eigenvalue weighted by atomic mass is 16.5. The van der Waals surface area contributed by atoms with Crippen molar-refractivity contribution in [2.75, 3.05) is 6.54 Å². The van der Waals surface area contributed by atoms with E-state index in [0.717, 1.165) is 16.9 Å². The molecule has 0 heterocycles. The first kappa shape index (κ1) is 15.5. The van der Waals surface area contributed by atoms with Crippen molar-refractivity contribution in [3.63, 3.8) is 0 Å². The minimum atomic E-state index is -0.693. The summed E-state index contributed by atoms with van der Waals surface area (Å²) in [4.78, 5) is 0. The van der Waals surface area contributed by atoms with Crippen molar-refractivity contribution in [3.05, 3.63) is 65.7 Å². The van der Waals surface area contributed by atoms with Crippen LogP contribution in [0.25, 0.3) is 0 Å². The Morgan fingerprint density at radius 1 is 1.00 bits per heavy atom. The Morgan fingerprint density at radius 2 is 1.71 bits per heavy atom. The third-order valence-corrected chi connectivity index (χ3v) is 3.03. The molecule has 3 heteroatoms. The second-order valence-corrected chi connectivity index (χ2v) is 5.84. The summed E-state index contributed by atoms with van der Waals surface area (Å²) >= 11 is 0. The molecule has 0 aliphatic rings. The van der Waals surface area contributed by atoms with Gasteiger partial charge in [0.2, 0.25) is 0 Å². The van der Waals surface area contributed by atoms with Crippen LogP contribution in [0.1, 0.15) is 25.0 Å². The van der Waals surface area contributed by atoms with E-state index in [0.29, 0.717) is 19.7 Å². The maximum absolute atomic E-state index is 9.67. The standard InChI is InChI=1S/C18H23NO2/c1-18(2,20)14-19-12-16-9-6-10-17(11-16)21-13-15-7-4-3-5-8-15/h3-11,19-20H,12-14H2,1-2H3. The molecule has 0 aliphatic heterocycles. The van der Waals surface area contributed by atoms with E-state index >= 15 is 0 Å². The van der Waals surface area contributed by atoms with Crippen LogP contribution in [0.15, 0.2) is 54.6 Å². The van der Waals surface area contributed by atoms with E-state index in [1.54, 1.807) is 13.8 Å². The summed E-state index contributed by atoms with van der Waals surface area (Å²) in [5.41, 5.74) is 1.61. The number of hydrogen-bond acceptors (Lipinski definition) is 3. The minimum absolute atomic E-state index is 0.558.